The number of nitrogens with two attached hydrogens (primary N) is 2. The molecule has 0 saturated carbocycles. The molecule has 2 aromatic rings. The van der Waals surface area contributed by atoms with Gasteiger partial charge in [0.1, 0.15) is 11.3 Å². The summed E-state index contributed by atoms with van der Waals surface area (Å²) in [6.45, 7) is 3.84. The maximum absolute atomic E-state index is 11.1. The van der Waals surface area contributed by atoms with E-state index in [0.717, 1.165) is 16.6 Å². The van der Waals surface area contributed by atoms with Crippen molar-refractivity contribution in [2.45, 2.75) is 25.8 Å². The van der Waals surface area contributed by atoms with E-state index in [1.807, 2.05) is 37.3 Å². The van der Waals surface area contributed by atoms with Crippen LogP contribution in [0.2, 0.25) is 0 Å². The van der Waals surface area contributed by atoms with Gasteiger partial charge >= 0.3 is 0 Å². The number of ether oxygens (including phenoxy) is 1. The molecule has 1 heterocycles. The van der Waals surface area contributed by atoms with Gasteiger partial charge in [-0.1, -0.05) is 18.2 Å². The van der Waals surface area contributed by atoms with E-state index in [9.17, 15) is 4.79 Å². The number of hydrogen-bond donors (Lipinski definition) is 2. The van der Waals surface area contributed by atoms with E-state index in [0.29, 0.717) is 18.8 Å². The Balaban J connectivity index is 2.14. The molecule has 0 aliphatic heterocycles. The fourth-order valence-electron chi connectivity index (χ4n) is 1.83. The lowest BCUT2D eigenvalue weighted by Gasteiger charge is -2.20. The molecule has 1 atom stereocenters. The molecular weight excluding hydrogens is 254 g/mol. The Bertz CT molecular complexity index is 638. The van der Waals surface area contributed by atoms with Gasteiger partial charge in [-0.2, -0.15) is 0 Å². The largest absolute Gasteiger partial charge is 0.491 e. The summed E-state index contributed by atoms with van der Waals surface area (Å²) in [4.78, 5) is 15.6. The Morgan fingerprint density at radius 3 is 2.80 bits per heavy atom. The number of amides is 1. The number of aryl methyl sites for hydroxylation is 1. The number of primary amides is 1. The third kappa shape index (κ3) is 3.05. The van der Waals surface area contributed by atoms with E-state index in [2.05, 4.69) is 4.98 Å². The summed E-state index contributed by atoms with van der Waals surface area (Å²) >= 11 is 0. The van der Waals surface area contributed by atoms with Crippen molar-refractivity contribution in [3.8, 4) is 5.75 Å². The number of benzene rings is 1. The maximum atomic E-state index is 11.1. The predicted octanol–water partition coefficient (Wildman–Crippen LogP) is 1.51. The fourth-order valence-corrected chi connectivity index (χ4v) is 1.83. The van der Waals surface area contributed by atoms with Crippen molar-refractivity contribution in [2.24, 2.45) is 11.5 Å². The first-order valence-corrected chi connectivity index (χ1v) is 6.48. The predicted molar refractivity (Wildman–Crippen MR) is 78.4 cm³/mol. The minimum Gasteiger partial charge on any atom is -0.491 e. The van der Waals surface area contributed by atoms with Gasteiger partial charge in [-0.15, -0.1) is 0 Å². The summed E-state index contributed by atoms with van der Waals surface area (Å²) in [6.07, 6.45) is 0.352. The van der Waals surface area contributed by atoms with Crippen molar-refractivity contribution in [3.63, 3.8) is 0 Å². The van der Waals surface area contributed by atoms with Crippen molar-refractivity contribution >= 4 is 16.8 Å². The summed E-state index contributed by atoms with van der Waals surface area (Å²) in [5.74, 6) is 0.152. The highest BCUT2D eigenvalue weighted by Crippen LogP contribution is 2.24. The van der Waals surface area contributed by atoms with E-state index in [-0.39, 0.29) is 0 Å². The number of aromatic nitrogens is 1. The van der Waals surface area contributed by atoms with Gasteiger partial charge in [0, 0.05) is 17.5 Å². The maximum Gasteiger partial charge on any atom is 0.237 e. The first kappa shape index (κ1) is 14.3. The Kier molecular flexibility index (Phi) is 3.90. The number of nitrogens with zero attached hydrogens (tertiary/aromatic N) is 1. The number of hydrogen-bond acceptors (Lipinski definition) is 4. The van der Waals surface area contributed by atoms with Crippen LogP contribution in [0.1, 0.15) is 19.0 Å². The molecule has 0 bridgehead atoms. The molecule has 20 heavy (non-hydrogen) atoms. The van der Waals surface area contributed by atoms with Crippen LogP contribution in [0.15, 0.2) is 30.3 Å². The van der Waals surface area contributed by atoms with E-state index in [1.54, 1.807) is 6.92 Å². The van der Waals surface area contributed by atoms with Crippen LogP contribution in [-0.4, -0.2) is 23.0 Å². The summed E-state index contributed by atoms with van der Waals surface area (Å²) in [6, 6.07) is 9.69. The Morgan fingerprint density at radius 2 is 2.10 bits per heavy atom. The average molecular weight is 273 g/mol. The molecule has 0 aliphatic rings. The number of carbonyl (C=O) groups is 1. The highest BCUT2D eigenvalue weighted by atomic mass is 16.5. The lowest BCUT2D eigenvalue weighted by atomic mass is 9.99. The average Bonchev–Trinajstić information content (AvgIpc) is 2.39. The normalized spacial score (nSPS) is 13.9. The Hall–Kier alpha value is -2.14. The van der Waals surface area contributed by atoms with E-state index >= 15 is 0 Å². The monoisotopic (exact) mass is 273 g/mol. The third-order valence-corrected chi connectivity index (χ3v) is 3.26. The molecular formula is C15H19N3O2. The van der Waals surface area contributed by atoms with Crippen molar-refractivity contribution in [1.29, 1.82) is 0 Å². The van der Waals surface area contributed by atoms with Crippen LogP contribution in [0.4, 0.5) is 0 Å². The molecule has 0 spiro atoms. The standard InChI is InChI=1S/C15H19N3O2/c1-10-6-7-11-4-3-5-12(13(11)18-10)20-9-8-15(2,17)14(16)19/h3-7H,8-9,17H2,1-2H3,(H2,16,19). The zero-order valence-corrected chi connectivity index (χ0v) is 11.7. The first-order chi connectivity index (χ1) is 9.40. The van der Waals surface area contributed by atoms with Gasteiger partial charge in [-0.05, 0) is 26.0 Å². The SMILES string of the molecule is Cc1ccc2cccc(OCCC(C)(N)C(N)=O)c2n1. The Morgan fingerprint density at radius 1 is 1.35 bits per heavy atom. The van der Waals surface area contributed by atoms with Crippen LogP contribution in [0.25, 0.3) is 10.9 Å². The van der Waals surface area contributed by atoms with E-state index in [1.165, 1.54) is 0 Å². The van der Waals surface area contributed by atoms with Crippen molar-refractivity contribution in [2.75, 3.05) is 6.61 Å². The number of rotatable bonds is 5. The van der Waals surface area contributed by atoms with Crippen LogP contribution in [0, 0.1) is 6.92 Å². The quantitative estimate of drug-likeness (QED) is 0.864. The van der Waals surface area contributed by atoms with Crippen LogP contribution in [0.3, 0.4) is 0 Å². The van der Waals surface area contributed by atoms with Gasteiger partial charge < -0.3 is 16.2 Å². The molecule has 106 valence electrons. The lowest BCUT2D eigenvalue weighted by Crippen LogP contribution is -2.50. The smallest absolute Gasteiger partial charge is 0.237 e. The number of carbonyl (C=O) groups excluding carboxylic acids is 1. The number of pyridine rings is 1. The molecule has 0 fully saturated rings. The molecule has 1 aromatic heterocycles. The molecule has 1 unspecified atom stereocenters. The summed E-state index contributed by atoms with van der Waals surface area (Å²) in [5, 5.41) is 1.01. The highest BCUT2D eigenvalue weighted by molar-refractivity contribution is 5.85. The minimum atomic E-state index is -1.06. The van der Waals surface area contributed by atoms with Crippen molar-refractivity contribution in [1.82, 2.24) is 4.98 Å². The summed E-state index contributed by atoms with van der Waals surface area (Å²) < 4.78 is 5.71. The zero-order chi connectivity index (χ0) is 14.8. The molecule has 5 heteroatoms. The topological polar surface area (TPSA) is 91.2 Å². The van der Waals surface area contributed by atoms with Gasteiger partial charge in [0.15, 0.2) is 0 Å². The second-order valence-electron chi connectivity index (χ2n) is 5.16. The first-order valence-electron chi connectivity index (χ1n) is 6.48. The van der Waals surface area contributed by atoms with Crippen molar-refractivity contribution < 1.29 is 9.53 Å². The highest BCUT2D eigenvalue weighted by Gasteiger charge is 2.25. The van der Waals surface area contributed by atoms with Crippen molar-refractivity contribution in [3.05, 3.63) is 36.0 Å². The van der Waals surface area contributed by atoms with Crippen LogP contribution in [0.5, 0.6) is 5.75 Å². The summed E-state index contributed by atoms with van der Waals surface area (Å²) in [5.41, 5.74) is 11.7. The molecule has 0 radical (unpaired) electrons. The van der Waals surface area contributed by atoms with Gasteiger partial charge in [0.2, 0.25) is 5.91 Å². The molecule has 1 aromatic carbocycles. The number of fused-ring (bicyclic) bond motifs is 1. The molecule has 2 rings (SSSR count). The second-order valence-corrected chi connectivity index (χ2v) is 5.16. The van der Waals surface area contributed by atoms with E-state index in [4.69, 9.17) is 16.2 Å². The van der Waals surface area contributed by atoms with Crippen LogP contribution >= 0.6 is 0 Å². The molecule has 0 aliphatic carbocycles. The Labute approximate surface area is 117 Å². The number of para-hydroxylation sites is 1. The zero-order valence-electron chi connectivity index (χ0n) is 11.7. The van der Waals surface area contributed by atoms with Gasteiger partial charge in [0.05, 0.1) is 12.1 Å². The lowest BCUT2D eigenvalue weighted by molar-refractivity contribution is -0.123. The van der Waals surface area contributed by atoms with Crippen LogP contribution < -0.4 is 16.2 Å². The second kappa shape index (κ2) is 5.46. The van der Waals surface area contributed by atoms with E-state index < -0.39 is 11.4 Å². The fraction of sp³-hybridized carbons (Fsp3) is 0.333. The molecule has 0 saturated heterocycles. The van der Waals surface area contributed by atoms with Gasteiger partial charge in [0.25, 0.3) is 0 Å². The molecule has 4 N–H and O–H groups in total. The minimum absolute atomic E-state index is 0.310. The van der Waals surface area contributed by atoms with Crippen LogP contribution in [-0.2, 0) is 4.79 Å². The third-order valence-electron chi connectivity index (χ3n) is 3.26. The van der Waals surface area contributed by atoms with Gasteiger partial charge in [-0.25, -0.2) is 4.98 Å². The molecule has 1 amide bonds. The summed E-state index contributed by atoms with van der Waals surface area (Å²) in [7, 11) is 0. The molecule has 5 nitrogen and oxygen atoms in total. The van der Waals surface area contributed by atoms with Gasteiger partial charge in [-0.3, -0.25) is 4.79 Å².